The van der Waals surface area contributed by atoms with Crippen LogP contribution in [-0.4, -0.2) is 39.4 Å². The fourth-order valence-corrected chi connectivity index (χ4v) is 5.52. The number of halogens is 3. The zero-order chi connectivity index (χ0) is 26.6. The number of alkyl halides is 3. The van der Waals surface area contributed by atoms with Gasteiger partial charge < -0.3 is 9.47 Å². The highest BCUT2D eigenvalue weighted by molar-refractivity contribution is 7.89. The quantitative estimate of drug-likeness (QED) is 0.419. The van der Waals surface area contributed by atoms with E-state index in [1.54, 1.807) is 24.3 Å². The van der Waals surface area contributed by atoms with E-state index < -0.39 is 27.2 Å². The van der Waals surface area contributed by atoms with Crippen molar-refractivity contribution in [1.82, 2.24) is 4.31 Å². The third kappa shape index (κ3) is 4.71. The molecule has 0 spiro atoms. The summed E-state index contributed by atoms with van der Waals surface area (Å²) in [6.07, 6.45) is -3.64. The largest absolute Gasteiger partial charge is 0.454 e. The van der Waals surface area contributed by atoms with E-state index in [1.807, 2.05) is 0 Å². The Kier molecular flexibility index (Phi) is 6.07. The molecule has 1 fully saturated rings. The molecule has 3 aromatic rings. The predicted molar refractivity (Wildman–Crippen MR) is 130 cm³/mol. The number of sulfonamides is 1. The van der Waals surface area contributed by atoms with E-state index in [2.05, 4.69) is 0 Å². The van der Waals surface area contributed by atoms with Crippen molar-refractivity contribution < 1.29 is 35.9 Å². The van der Waals surface area contributed by atoms with Crippen molar-refractivity contribution in [2.45, 2.75) is 35.7 Å². The Morgan fingerprint density at radius 2 is 1.68 bits per heavy atom. The van der Waals surface area contributed by atoms with Crippen molar-refractivity contribution in [3.63, 3.8) is 0 Å². The maximum atomic E-state index is 13.8. The van der Waals surface area contributed by atoms with Crippen LogP contribution in [0.5, 0.6) is 11.5 Å². The molecule has 37 heavy (non-hydrogen) atoms. The monoisotopic (exact) mass is 531 g/mol. The van der Waals surface area contributed by atoms with Crippen LogP contribution in [0.2, 0.25) is 0 Å². The number of fused-ring (bicyclic) bond motifs is 1. The predicted octanol–water partition coefficient (Wildman–Crippen LogP) is 5.19. The lowest BCUT2D eigenvalue weighted by Gasteiger charge is -2.17. The number of hydrogen-bond donors (Lipinski definition) is 0. The van der Waals surface area contributed by atoms with Gasteiger partial charge in [-0.1, -0.05) is 24.3 Å². The van der Waals surface area contributed by atoms with Gasteiger partial charge in [0.05, 0.1) is 15.9 Å². The van der Waals surface area contributed by atoms with Crippen molar-refractivity contribution in [3.05, 3.63) is 77.4 Å². The Hall–Kier alpha value is -3.37. The maximum Gasteiger partial charge on any atom is 0.416 e. The molecule has 0 atom stereocenters. The maximum absolute atomic E-state index is 13.8. The first-order chi connectivity index (χ1) is 17.4. The van der Waals surface area contributed by atoms with Crippen LogP contribution < -0.4 is 9.47 Å². The van der Waals surface area contributed by atoms with Crippen LogP contribution >= 0.6 is 0 Å². The summed E-state index contributed by atoms with van der Waals surface area (Å²) in [4.78, 5) is 13.4. The Balaban J connectivity index is 1.50. The molecular formula is C27H24F3NO5S. The van der Waals surface area contributed by atoms with Gasteiger partial charge >= 0.3 is 6.18 Å². The van der Waals surface area contributed by atoms with Gasteiger partial charge in [-0.25, -0.2) is 12.7 Å². The second-order valence-corrected chi connectivity index (χ2v) is 11.6. The Morgan fingerprint density at radius 1 is 0.946 bits per heavy atom. The third-order valence-corrected chi connectivity index (χ3v) is 8.65. The summed E-state index contributed by atoms with van der Waals surface area (Å²) in [6, 6.07) is 14.5. The molecule has 1 aliphatic heterocycles. The molecule has 0 N–H and O–H groups in total. The highest BCUT2D eigenvalue weighted by atomic mass is 32.2. The molecule has 10 heteroatoms. The molecule has 0 saturated heterocycles. The molecule has 1 aliphatic carbocycles. The summed E-state index contributed by atoms with van der Waals surface area (Å²) in [5.41, 5.74) is -0.212. The van der Waals surface area contributed by atoms with Crippen molar-refractivity contribution in [1.29, 1.82) is 0 Å². The zero-order valence-electron chi connectivity index (χ0n) is 20.1. The number of Topliss-reactive ketones (excluding diaryl/α,β-unsaturated/α-hetero) is 1. The standard InChI is InChI=1S/C27H24F3NO5S/c1-31(2)37(33,34)22-5-3-4-18(14-22)19-10-17(11-21(13-19)27(28,29)30)12-25(32)26(8-9-26)20-6-7-23-24(15-20)36-16-35-23/h3-7,10-11,13-15H,8-9,12,16H2,1-2H3. The molecule has 0 radical (unpaired) electrons. The molecule has 2 aliphatic rings. The van der Waals surface area contributed by atoms with Crippen LogP contribution in [0.4, 0.5) is 13.2 Å². The lowest BCUT2D eigenvalue weighted by Crippen LogP contribution is -2.23. The van der Waals surface area contributed by atoms with Gasteiger partial charge in [-0.15, -0.1) is 0 Å². The Morgan fingerprint density at radius 3 is 2.35 bits per heavy atom. The molecule has 0 bridgehead atoms. The van der Waals surface area contributed by atoms with Gasteiger partial charge in [0.2, 0.25) is 16.8 Å². The molecule has 0 aromatic heterocycles. The summed E-state index contributed by atoms with van der Waals surface area (Å²) >= 11 is 0. The summed E-state index contributed by atoms with van der Waals surface area (Å²) in [6.45, 7) is 0.101. The minimum atomic E-state index is -4.64. The van der Waals surface area contributed by atoms with Crippen LogP contribution in [0, 0.1) is 0 Å². The number of rotatable bonds is 7. The topological polar surface area (TPSA) is 72.9 Å². The number of hydrogen-bond acceptors (Lipinski definition) is 5. The van der Waals surface area contributed by atoms with Gasteiger partial charge in [0, 0.05) is 20.5 Å². The Labute approximate surface area is 212 Å². The van der Waals surface area contributed by atoms with E-state index in [-0.39, 0.29) is 35.0 Å². The molecule has 0 unspecified atom stereocenters. The molecule has 5 rings (SSSR count). The van der Waals surface area contributed by atoms with E-state index in [4.69, 9.17) is 9.47 Å². The number of carbonyl (C=O) groups is 1. The summed E-state index contributed by atoms with van der Waals surface area (Å²) in [5, 5.41) is 0. The molecule has 0 amide bonds. The molecule has 1 heterocycles. The Bertz CT molecular complexity index is 1490. The van der Waals surface area contributed by atoms with E-state index in [0.29, 0.717) is 29.9 Å². The highest BCUT2D eigenvalue weighted by Gasteiger charge is 2.51. The summed E-state index contributed by atoms with van der Waals surface area (Å²) in [7, 11) is -1.03. The van der Waals surface area contributed by atoms with E-state index in [0.717, 1.165) is 22.0 Å². The minimum Gasteiger partial charge on any atom is -0.454 e. The van der Waals surface area contributed by atoms with Crippen molar-refractivity contribution in [3.8, 4) is 22.6 Å². The molecule has 6 nitrogen and oxygen atoms in total. The fraction of sp³-hybridized carbons (Fsp3) is 0.296. The second kappa shape index (κ2) is 8.88. The van der Waals surface area contributed by atoms with Crippen molar-refractivity contribution in [2.24, 2.45) is 0 Å². The molecule has 1 saturated carbocycles. The number of nitrogens with zero attached hydrogens (tertiary/aromatic N) is 1. The van der Waals surface area contributed by atoms with E-state index in [9.17, 15) is 26.4 Å². The van der Waals surface area contributed by atoms with Gasteiger partial charge in [0.25, 0.3) is 0 Å². The molecule has 194 valence electrons. The molecule has 3 aromatic carbocycles. The third-order valence-electron chi connectivity index (χ3n) is 6.84. The van der Waals surface area contributed by atoms with E-state index >= 15 is 0 Å². The van der Waals surface area contributed by atoms with Crippen molar-refractivity contribution in [2.75, 3.05) is 20.9 Å². The zero-order valence-corrected chi connectivity index (χ0v) is 20.9. The van der Waals surface area contributed by atoms with Gasteiger partial charge in [-0.05, 0) is 71.5 Å². The first-order valence-electron chi connectivity index (χ1n) is 11.6. The van der Waals surface area contributed by atoms with Gasteiger partial charge in [-0.2, -0.15) is 13.2 Å². The van der Waals surface area contributed by atoms with Gasteiger partial charge in [-0.3, -0.25) is 4.79 Å². The number of benzene rings is 3. The van der Waals surface area contributed by atoms with Crippen molar-refractivity contribution >= 4 is 15.8 Å². The second-order valence-electron chi connectivity index (χ2n) is 9.48. The summed E-state index contributed by atoms with van der Waals surface area (Å²) in [5.74, 6) is 0.957. The number of ketones is 1. The van der Waals surface area contributed by atoms with Crippen LogP contribution in [0.15, 0.2) is 65.6 Å². The lowest BCUT2D eigenvalue weighted by atomic mass is 9.87. The minimum absolute atomic E-state index is 0.0372. The molecular weight excluding hydrogens is 507 g/mol. The summed E-state index contributed by atoms with van der Waals surface area (Å²) < 4.78 is 78.3. The first kappa shape index (κ1) is 25.3. The van der Waals surface area contributed by atoms with Gasteiger partial charge in [0.15, 0.2) is 11.5 Å². The van der Waals surface area contributed by atoms with Crippen LogP contribution in [-0.2, 0) is 32.8 Å². The SMILES string of the molecule is CN(C)S(=O)(=O)c1cccc(-c2cc(CC(=O)C3(c4ccc5c(c4)OCO5)CC3)cc(C(F)(F)F)c2)c1. The van der Waals surface area contributed by atoms with Crippen LogP contribution in [0.1, 0.15) is 29.5 Å². The van der Waals surface area contributed by atoms with E-state index in [1.165, 1.54) is 38.4 Å². The number of carbonyl (C=O) groups excluding carboxylic acids is 1. The normalized spacial score (nSPS) is 16.2. The van der Waals surface area contributed by atoms with Crippen LogP contribution in [0.3, 0.4) is 0 Å². The highest BCUT2D eigenvalue weighted by Crippen LogP contribution is 2.51. The average Bonchev–Trinajstić information content (AvgIpc) is 3.54. The number of ether oxygens (including phenoxy) is 2. The van der Waals surface area contributed by atoms with Gasteiger partial charge in [0.1, 0.15) is 5.78 Å². The van der Waals surface area contributed by atoms with Crippen LogP contribution in [0.25, 0.3) is 11.1 Å². The first-order valence-corrected chi connectivity index (χ1v) is 13.0. The average molecular weight is 532 g/mol. The smallest absolute Gasteiger partial charge is 0.416 e. The fourth-order valence-electron chi connectivity index (χ4n) is 4.57. The lowest BCUT2D eigenvalue weighted by molar-refractivity contribution is -0.137.